The highest BCUT2D eigenvalue weighted by molar-refractivity contribution is 8.01. The van der Waals surface area contributed by atoms with Gasteiger partial charge in [-0.05, 0) is 54.5 Å². The molecule has 42 heavy (non-hydrogen) atoms. The van der Waals surface area contributed by atoms with Gasteiger partial charge in [-0.15, -0.1) is 16.9 Å². The number of carbonyl (C=O) groups is 5. The van der Waals surface area contributed by atoms with Gasteiger partial charge >= 0.3 is 12.1 Å². The largest absolute Gasteiger partial charge is 0.508 e. The van der Waals surface area contributed by atoms with Crippen molar-refractivity contribution in [3.63, 3.8) is 0 Å². The smallest absolute Gasteiger partial charge is 0.408 e. The number of hydrogen-bond acceptors (Lipinski definition) is 12. The summed E-state index contributed by atoms with van der Waals surface area (Å²) in [5, 5.41) is 35.3. The Morgan fingerprint density at radius 3 is 2.55 bits per heavy atom. The lowest BCUT2D eigenvalue weighted by molar-refractivity contribution is -0.151. The van der Waals surface area contributed by atoms with Crippen molar-refractivity contribution in [2.75, 3.05) is 11.5 Å². The Morgan fingerprint density at radius 1 is 1.24 bits per heavy atom. The molecule has 1 saturated heterocycles. The SMILES string of the molecule is CC(C)(C)OC(=O)N[C@@H](C(=O)NC1C(=O)N2C(C(=O)O)=C(CSc3nnnn3CC(N)=O)CS[C@H]12)c1ccc(O)cc1. The van der Waals surface area contributed by atoms with Crippen LogP contribution in [-0.2, 0) is 30.5 Å². The summed E-state index contributed by atoms with van der Waals surface area (Å²) in [6, 6.07) is 3.23. The third-order valence-electron chi connectivity index (χ3n) is 5.88. The zero-order valence-corrected chi connectivity index (χ0v) is 24.3. The highest BCUT2D eigenvalue weighted by Crippen LogP contribution is 2.41. The number of carboxylic acids is 1. The van der Waals surface area contributed by atoms with E-state index in [-0.39, 0.29) is 34.7 Å². The number of nitrogens with zero attached hydrogens (tertiary/aromatic N) is 5. The van der Waals surface area contributed by atoms with Gasteiger partial charge in [-0.1, -0.05) is 23.9 Å². The molecule has 3 heterocycles. The number of primary amides is 1. The highest BCUT2D eigenvalue weighted by Gasteiger charge is 2.54. The molecule has 18 heteroatoms. The molecule has 1 fully saturated rings. The number of ether oxygens (including phenoxy) is 1. The van der Waals surface area contributed by atoms with Crippen LogP contribution in [0.3, 0.4) is 0 Å². The van der Waals surface area contributed by atoms with Gasteiger partial charge in [-0.3, -0.25) is 19.3 Å². The van der Waals surface area contributed by atoms with Crippen molar-refractivity contribution < 1.29 is 38.9 Å². The van der Waals surface area contributed by atoms with Crippen molar-refractivity contribution >= 4 is 53.3 Å². The summed E-state index contributed by atoms with van der Waals surface area (Å²) in [6.45, 7) is 4.73. The number of aromatic nitrogens is 4. The molecule has 6 N–H and O–H groups in total. The number of phenols is 1. The van der Waals surface area contributed by atoms with E-state index in [1.54, 1.807) is 20.8 Å². The average Bonchev–Trinajstić information content (AvgIpc) is 3.33. The number of β-lactam (4-membered cyclic amide) rings is 1. The number of carbonyl (C=O) groups excluding carboxylic acids is 4. The molecule has 1 unspecified atom stereocenters. The van der Waals surface area contributed by atoms with Crippen LogP contribution in [0.2, 0.25) is 0 Å². The summed E-state index contributed by atoms with van der Waals surface area (Å²) in [6.07, 6.45) is -0.871. The van der Waals surface area contributed by atoms with E-state index in [1.807, 2.05) is 0 Å². The maximum absolute atomic E-state index is 13.4. The Morgan fingerprint density at radius 2 is 1.93 bits per heavy atom. The number of nitrogens with two attached hydrogens (primary N) is 1. The molecular weight excluding hydrogens is 592 g/mol. The topological polar surface area (TPSA) is 232 Å². The fraction of sp³-hybridized carbons (Fsp3) is 0.417. The first-order valence-corrected chi connectivity index (χ1v) is 14.4. The molecule has 224 valence electrons. The quantitative estimate of drug-likeness (QED) is 0.174. The number of thioether (sulfide) groups is 2. The van der Waals surface area contributed by atoms with Crippen molar-refractivity contribution in [2.45, 2.75) is 55.5 Å². The minimum Gasteiger partial charge on any atom is -0.508 e. The first-order chi connectivity index (χ1) is 19.7. The van der Waals surface area contributed by atoms with Crippen molar-refractivity contribution in [1.82, 2.24) is 35.7 Å². The molecule has 1 aromatic carbocycles. The van der Waals surface area contributed by atoms with Gasteiger partial charge < -0.3 is 31.3 Å². The maximum atomic E-state index is 13.4. The number of benzene rings is 1. The monoisotopic (exact) mass is 620 g/mol. The van der Waals surface area contributed by atoms with Gasteiger partial charge in [0.15, 0.2) is 0 Å². The second kappa shape index (κ2) is 12.3. The zero-order valence-electron chi connectivity index (χ0n) is 22.6. The van der Waals surface area contributed by atoms with E-state index < -0.39 is 52.8 Å². The zero-order chi connectivity index (χ0) is 30.8. The highest BCUT2D eigenvalue weighted by atomic mass is 32.2. The lowest BCUT2D eigenvalue weighted by Gasteiger charge is -2.49. The summed E-state index contributed by atoms with van der Waals surface area (Å²) < 4.78 is 6.46. The van der Waals surface area contributed by atoms with E-state index >= 15 is 0 Å². The van der Waals surface area contributed by atoms with Gasteiger partial charge in [-0.2, -0.15) is 0 Å². The van der Waals surface area contributed by atoms with Crippen LogP contribution in [0.4, 0.5) is 4.79 Å². The van der Waals surface area contributed by atoms with Gasteiger partial charge in [0, 0.05) is 11.5 Å². The molecule has 0 aliphatic carbocycles. The standard InChI is InChI=1S/C24H28N8O8S2/c1-24(2,3)40-23(39)27-15(11-4-6-13(33)7-5-11)18(35)26-16-19(36)32-17(21(37)38)12(9-41-20(16)32)10-42-22-28-29-30-31(22)8-14(25)34/h4-7,15-16,20,33H,8-10H2,1-3H3,(H2,25,34)(H,26,35)(H,27,39)(H,37,38)/t15-,16?,20-/m1/s1. The molecule has 4 rings (SSSR count). The average molecular weight is 621 g/mol. The van der Waals surface area contributed by atoms with Crippen LogP contribution in [0.5, 0.6) is 5.75 Å². The number of carboxylic acid groups (broad SMARTS) is 1. The Bertz CT molecular complexity index is 1440. The lowest BCUT2D eigenvalue weighted by atomic mass is 10.0. The molecule has 0 bridgehead atoms. The van der Waals surface area contributed by atoms with Crippen LogP contribution in [0.15, 0.2) is 40.7 Å². The summed E-state index contributed by atoms with van der Waals surface area (Å²) in [5.41, 5.74) is 4.89. The molecule has 2 aliphatic rings. The number of fused-ring (bicyclic) bond motifs is 1. The third-order valence-corrected chi connectivity index (χ3v) is 8.26. The minimum atomic E-state index is -1.32. The predicted octanol–water partition coefficient (Wildman–Crippen LogP) is -0.0393. The second-order valence-corrected chi connectivity index (χ2v) is 12.2. The van der Waals surface area contributed by atoms with E-state index in [2.05, 4.69) is 26.2 Å². The van der Waals surface area contributed by atoms with Gasteiger partial charge in [0.05, 0.1) is 0 Å². The number of aromatic hydroxyl groups is 1. The molecular formula is C24H28N8O8S2. The van der Waals surface area contributed by atoms with E-state index in [1.165, 1.54) is 40.7 Å². The predicted molar refractivity (Wildman–Crippen MR) is 148 cm³/mol. The molecule has 0 saturated carbocycles. The van der Waals surface area contributed by atoms with Crippen LogP contribution >= 0.6 is 23.5 Å². The fourth-order valence-electron chi connectivity index (χ4n) is 4.12. The van der Waals surface area contributed by atoms with Crippen LogP contribution in [-0.4, -0.2) is 93.6 Å². The molecule has 1 aromatic heterocycles. The van der Waals surface area contributed by atoms with E-state index in [0.717, 1.165) is 16.7 Å². The Hall–Kier alpha value is -4.32. The Labute approximate surface area is 247 Å². The maximum Gasteiger partial charge on any atom is 0.408 e. The fourth-order valence-corrected chi connectivity index (χ4v) is 6.48. The minimum absolute atomic E-state index is 0.0510. The normalized spacial score (nSPS) is 18.9. The van der Waals surface area contributed by atoms with Crippen LogP contribution < -0.4 is 16.4 Å². The van der Waals surface area contributed by atoms with Crippen LogP contribution in [0.1, 0.15) is 32.4 Å². The third kappa shape index (κ3) is 6.93. The first kappa shape index (κ1) is 30.6. The van der Waals surface area contributed by atoms with E-state index in [4.69, 9.17) is 10.5 Å². The number of amides is 4. The molecule has 16 nitrogen and oxygen atoms in total. The van der Waals surface area contributed by atoms with Crippen molar-refractivity contribution in [2.24, 2.45) is 5.73 Å². The number of rotatable bonds is 10. The first-order valence-electron chi connectivity index (χ1n) is 12.4. The molecule has 2 aliphatic heterocycles. The van der Waals surface area contributed by atoms with Gasteiger partial charge in [-0.25, -0.2) is 14.3 Å². The molecule has 4 amide bonds. The van der Waals surface area contributed by atoms with Crippen LogP contribution in [0.25, 0.3) is 0 Å². The molecule has 0 spiro atoms. The van der Waals surface area contributed by atoms with Crippen molar-refractivity contribution in [3.8, 4) is 5.75 Å². The van der Waals surface area contributed by atoms with Gasteiger partial charge in [0.25, 0.3) is 5.91 Å². The Balaban J connectivity index is 1.49. The molecule has 3 atom stereocenters. The van der Waals surface area contributed by atoms with E-state index in [9.17, 15) is 34.2 Å². The summed E-state index contributed by atoms with van der Waals surface area (Å²) >= 11 is 2.34. The van der Waals surface area contributed by atoms with Crippen molar-refractivity contribution in [1.29, 1.82) is 0 Å². The van der Waals surface area contributed by atoms with Gasteiger partial charge in [0.2, 0.25) is 17.0 Å². The Kier molecular flexibility index (Phi) is 8.95. The summed E-state index contributed by atoms with van der Waals surface area (Å²) in [7, 11) is 0. The number of aliphatic carboxylic acids is 1. The molecule has 0 radical (unpaired) electrons. The second-order valence-electron chi connectivity index (χ2n) is 10.2. The molecule has 2 aromatic rings. The lowest BCUT2D eigenvalue weighted by Crippen LogP contribution is -2.71. The number of hydrogen-bond donors (Lipinski definition) is 5. The number of phenolic OH excluding ortho intramolecular Hbond substituents is 1. The summed E-state index contributed by atoms with van der Waals surface area (Å²) in [4.78, 5) is 63.6. The summed E-state index contributed by atoms with van der Waals surface area (Å²) in [5.74, 6) is -3.05. The van der Waals surface area contributed by atoms with Gasteiger partial charge in [0.1, 0.15) is 41.0 Å². The van der Waals surface area contributed by atoms with E-state index in [0.29, 0.717) is 11.1 Å². The number of alkyl carbamates (subject to hydrolysis) is 1. The number of tetrazole rings is 1. The van der Waals surface area contributed by atoms with Crippen LogP contribution in [0, 0.1) is 0 Å². The number of nitrogens with one attached hydrogen (secondary N) is 2. The van der Waals surface area contributed by atoms with Crippen molar-refractivity contribution in [3.05, 3.63) is 41.1 Å².